The van der Waals surface area contributed by atoms with Crippen molar-refractivity contribution in [3.8, 4) is 6.07 Å². The Bertz CT molecular complexity index is 1790. The number of rotatable bonds is 6. The number of amides is 3. The molecule has 3 amide bonds. The molecule has 12 nitrogen and oxygen atoms in total. The first kappa shape index (κ1) is 31.2. The van der Waals surface area contributed by atoms with Crippen molar-refractivity contribution in [2.45, 2.75) is 68.7 Å². The van der Waals surface area contributed by atoms with Crippen LogP contribution in [0.15, 0.2) is 47.4 Å². The van der Waals surface area contributed by atoms with Crippen LogP contribution in [0.3, 0.4) is 0 Å². The molecule has 3 aliphatic rings. The van der Waals surface area contributed by atoms with Crippen LogP contribution >= 0.6 is 18.9 Å². The second-order valence-corrected chi connectivity index (χ2v) is 14.9. The van der Waals surface area contributed by atoms with E-state index < -0.39 is 37.7 Å². The van der Waals surface area contributed by atoms with Gasteiger partial charge in [-0.15, -0.1) is 11.3 Å². The fourth-order valence-corrected chi connectivity index (χ4v) is 8.65. The third-order valence-corrected chi connectivity index (χ3v) is 11.0. The summed E-state index contributed by atoms with van der Waals surface area (Å²) in [6, 6.07) is 10.6. The molecule has 45 heavy (non-hydrogen) atoms. The number of thiophene rings is 1. The lowest BCUT2D eigenvalue weighted by Gasteiger charge is -2.36. The first-order valence-corrected chi connectivity index (χ1v) is 17.7. The van der Waals surface area contributed by atoms with E-state index in [1.807, 2.05) is 0 Å². The molecule has 3 fully saturated rings. The molecular weight excluding hydrogens is 617 g/mol. The highest BCUT2D eigenvalue weighted by molar-refractivity contribution is 7.50. The van der Waals surface area contributed by atoms with Gasteiger partial charge in [0.15, 0.2) is 0 Å². The average Bonchev–Trinajstić information content (AvgIpc) is 3.72. The molecular formula is C31H34N5O7PS. The Balaban J connectivity index is 1.18. The number of hydrogen-bond acceptors (Lipinski definition) is 7. The van der Waals surface area contributed by atoms with E-state index in [-0.39, 0.29) is 42.4 Å². The van der Waals surface area contributed by atoms with Gasteiger partial charge in [-0.25, -0.2) is 0 Å². The van der Waals surface area contributed by atoms with E-state index >= 15 is 0 Å². The van der Waals surface area contributed by atoms with E-state index in [0.717, 1.165) is 24.0 Å². The van der Waals surface area contributed by atoms with Crippen molar-refractivity contribution in [2.75, 3.05) is 13.1 Å². The van der Waals surface area contributed by atoms with E-state index in [4.69, 9.17) is 0 Å². The summed E-state index contributed by atoms with van der Waals surface area (Å²) in [6.45, 7) is 0.504. The van der Waals surface area contributed by atoms with Gasteiger partial charge in [0, 0.05) is 42.0 Å². The van der Waals surface area contributed by atoms with Gasteiger partial charge in [0.1, 0.15) is 12.1 Å². The van der Waals surface area contributed by atoms with Gasteiger partial charge in [-0.3, -0.25) is 23.7 Å². The molecule has 0 spiro atoms. The van der Waals surface area contributed by atoms with Crippen molar-refractivity contribution >= 4 is 46.7 Å². The van der Waals surface area contributed by atoms with E-state index in [9.17, 15) is 38.8 Å². The first-order valence-electron chi connectivity index (χ1n) is 15.1. The number of carbonyl (C=O) groups is 3. The molecule has 5 atom stereocenters. The van der Waals surface area contributed by atoms with E-state index in [1.165, 1.54) is 23.6 Å². The third-order valence-electron chi connectivity index (χ3n) is 9.14. The molecule has 3 aliphatic heterocycles. The summed E-state index contributed by atoms with van der Waals surface area (Å²) >= 11 is 1.23. The number of aromatic nitrogens is 1. The molecule has 3 saturated heterocycles. The van der Waals surface area contributed by atoms with Crippen LogP contribution in [0.4, 0.5) is 0 Å². The number of likely N-dealkylation sites (tertiary alicyclic amines) is 1. The number of fused-ring (bicyclic) bond motifs is 2. The lowest BCUT2D eigenvalue weighted by molar-refractivity contribution is -0.146. The predicted molar refractivity (Wildman–Crippen MR) is 166 cm³/mol. The highest BCUT2D eigenvalue weighted by Gasteiger charge is 2.47. The fraction of sp³-hybridized carbons (Fsp3) is 0.452. The summed E-state index contributed by atoms with van der Waals surface area (Å²) in [6.07, 6.45) is 5.17. The molecule has 5 heterocycles. The maximum Gasteiger partial charge on any atom is 0.329 e. The summed E-state index contributed by atoms with van der Waals surface area (Å²) < 4.78 is 12.2. The van der Waals surface area contributed by atoms with Crippen LogP contribution < -0.4 is 10.9 Å². The SMILES string of the molecule is N#C[C@@H]1CN(C(=O)[C@@H]2CCC3CCCC[C@H](NC(=O)c4cc5cc(CP(=O)(O)O)ccc5s4)C(=O)N32)C[C@H]1c1cc[nH]c(=O)c1. The van der Waals surface area contributed by atoms with Crippen molar-refractivity contribution in [3.05, 3.63) is 69.0 Å². The van der Waals surface area contributed by atoms with Gasteiger partial charge in [-0.1, -0.05) is 18.9 Å². The minimum atomic E-state index is -4.24. The first-order chi connectivity index (χ1) is 21.5. The monoisotopic (exact) mass is 651 g/mol. The molecule has 236 valence electrons. The highest BCUT2D eigenvalue weighted by Crippen LogP contribution is 2.40. The highest BCUT2D eigenvalue weighted by atomic mass is 32.1. The number of carbonyl (C=O) groups excluding carboxylic acids is 3. The summed E-state index contributed by atoms with van der Waals surface area (Å²) in [5.74, 6) is -1.68. The molecule has 2 aromatic heterocycles. The van der Waals surface area contributed by atoms with Crippen molar-refractivity contribution in [2.24, 2.45) is 5.92 Å². The van der Waals surface area contributed by atoms with E-state index in [1.54, 1.807) is 40.1 Å². The van der Waals surface area contributed by atoms with E-state index in [0.29, 0.717) is 40.7 Å². The van der Waals surface area contributed by atoms with Crippen molar-refractivity contribution < 1.29 is 28.7 Å². The second-order valence-electron chi connectivity index (χ2n) is 12.2. The minimum Gasteiger partial charge on any atom is -0.340 e. The van der Waals surface area contributed by atoms with Gasteiger partial charge in [0.25, 0.3) is 5.91 Å². The average molecular weight is 652 g/mol. The van der Waals surface area contributed by atoms with Crippen LogP contribution in [-0.2, 0) is 20.3 Å². The summed E-state index contributed by atoms with van der Waals surface area (Å²) in [7, 11) is -4.24. The van der Waals surface area contributed by atoms with Gasteiger partial charge in [-0.2, -0.15) is 5.26 Å². The number of nitrogens with zero attached hydrogens (tertiary/aromatic N) is 3. The minimum absolute atomic E-state index is 0.110. The molecule has 1 unspecified atom stereocenters. The number of pyridine rings is 1. The zero-order valence-electron chi connectivity index (χ0n) is 24.4. The standard InChI is InChI=1S/C31H34N5O7PS/c32-14-21-15-35(16-23(21)19-9-10-33-28(37)13-19)31(40)25-7-6-22-3-1-2-4-24(30(39)36(22)25)34-29(38)27-12-20-11-18(17-44(41,42)43)5-8-26(20)45-27/h5,8-13,21-25H,1-4,6-7,15-17H2,(H,33,37)(H,34,38)(H2,41,42,43)/t21-,22?,23+,24+,25+/m1/s1. The zero-order chi connectivity index (χ0) is 31.9. The van der Waals surface area contributed by atoms with Gasteiger partial charge in [-0.05, 0) is 66.5 Å². The molecule has 0 aliphatic carbocycles. The van der Waals surface area contributed by atoms with Crippen LogP contribution in [-0.4, -0.2) is 73.5 Å². The maximum atomic E-state index is 14.0. The number of H-pyrrole nitrogens is 1. The molecule has 3 aromatic rings. The smallest absolute Gasteiger partial charge is 0.329 e. The Morgan fingerprint density at radius 3 is 2.62 bits per heavy atom. The molecule has 0 bridgehead atoms. The molecule has 0 radical (unpaired) electrons. The Hall–Kier alpha value is -3.82. The second kappa shape index (κ2) is 12.5. The van der Waals surface area contributed by atoms with Crippen LogP contribution in [0.1, 0.15) is 65.2 Å². The Morgan fingerprint density at radius 1 is 1.07 bits per heavy atom. The van der Waals surface area contributed by atoms with Crippen LogP contribution in [0.2, 0.25) is 0 Å². The number of nitrogens with one attached hydrogen (secondary N) is 2. The van der Waals surface area contributed by atoms with Gasteiger partial charge < -0.3 is 29.9 Å². The molecule has 4 N–H and O–H groups in total. The van der Waals surface area contributed by atoms with Crippen molar-refractivity contribution in [1.82, 2.24) is 20.1 Å². The van der Waals surface area contributed by atoms with Gasteiger partial charge >= 0.3 is 7.60 Å². The summed E-state index contributed by atoms with van der Waals surface area (Å²) in [5.41, 5.74) is 0.899. The number of nitriles is 1. The largest absolute Gasteiger partial charge is 0.340 e. The lowest BCUT2D eigenvalue weighted by Crippen LogP contribution is -2.56. The maximum absolute atomic E-state index is 14.0. The van der Waals surface area contributed by atoms with Gasteiger partial charge in [0.05, 0.1) is 23.0 Å². The Morgan fingerprint density at radius 2 is 1.87 bits per heavy atom. The van der Waals surface area contributed by atoms with E-state index in [2.05, 4.69) is 16.4 Å². The van der Waals surface area contributed by atoms with Crippen LogP contribution in [0.25, 0.3) is 10.1 Å². The summed E-state index contributed by atoms with van der Waals surface area (Å²) in [5, 5.41) is 13.4. The molecule has 14 heteroatoms. The number of hydrogen-bond donors (Lipinski definition) is 4. The van der Waals surface area contributed by atoms with Crippen molar-refractivity contribution in [3.63, 3.8) is 0 Å². The normalized spacial score (nSPS) is 25.4. The number of aromatic amines is 1. The topological polar surface area (TPSA) is 184 Å². The predicted octanol–water partition coefficient (Wildman–Crippen LogP) is 3.07. The lowest BCUT2D eigenvalue weighted by atomic mass is 9.91. The summed E-state index contributed by atoms with van der Waals surface area (Å²) in [4.78, 5) is 78.2. The van der Waals surface area contributed by atoms with Crippen LogP contribution in [0, 0.1) is 17.2 Å². The zero-order valence-corrected chi connectivity index (χ0v) is 26.1. The quantitative estimate of drug-likeness (QED) is 0.293. The van der Waals surface area contributed by atoms with Crippen molar-refractivity contribution in [1.29, 1.82) is 5.26 Å². The third kappa shape index (κ3) is 6.60. The van der Waals surface area contributed by atoms with Gasteiger partial charge in [0.2, 0.25) is 17.4 Å². The fourth-order valence-electron chi connectivity index (χ4n) is 7.03. The van der Waals surface area contributed by atoms with Crippen LogP contribution in [0.5, 0.6) is 0 Å². The Kier molecular flexibility index (Phi) is 8.68. The Labute approximate surface area is 263 Å². The number of benzene rings is 1. The molecule has 6 rings (SSSR count). The molecule has 1 aromatic carbocycles. The molecule has 0 saturated carbocycles.